The molecule has 3 heterocycles. The summed E-state index contributed by atoms with van der Waals surface area (Å²) in [6, 6.07) is 44.4. The van der Waals surface area contributed by atoms with Crippen LogP contribution in [0.4, 0.5) is 0 Å². The molecule has 9 aromatic rings. The zero-order chi connectivity index (χ0) is 28.7. The van der Waals surface area contributed by atoms with Gasteiger partial charge in [-0.05, 0) is 66.3 Å². The van der Waals surface area contributed by atoms with Crippen LogP contribution in [0.15, 0.2) is 126 Å². The summed E-state index contributed by atoms with van der Waals surface area (Å²) < 4.78 is 8.73. The van der Waals surface area contributed by atoms with E-state index in [0.29, 0.717) is 0 Å². The summed E-state index contributed by atoms with van der Waals surface area (Å²) in [6.07, 6.45) is 0.960. The number of hydrogen-bond acceptors (Lipinski definition) is 2. The Labute approximate surface area is 266 Å². The van der Waals surface area contributed by atoms with Crippen LogP contribution in [0.5, 0.6) is 0 Å². The average molecular weight is 654 g/mol. The fourth-order valence-corrected chi connectivity index (χ4v) is 9.12. The zero-order valence-electron chi connectivity index (χ0n) is 23.1. The molecule has 0 saturated heterocycles. The Morgan fingerprint density at radius 2 is 1.21 bits per heavy atom. The van der Waals surface area contributed by atoms with Gasteiger partial charge in [-0.15, -0.1) is 11.3 Å². The van der Waals surface area contributed by atoms with Gasteiger partial charge < -0.3 is 9.13 Å². The summed E-state index contributed by atoms with van der Waals surface area (Å²) in [6.45, 7) is 0. The van der Waals surface area contributed by atoms with Gasteiger partial charge in [-0.3, -0.25) is 0 Å². The van der Waals surface area contributed by atoms with Gasteiger partial charge in [-0.25, -0.2) is 0 Å². The smallest absolute Gasteiger partial charge is 0.0788 e. The summed E-state index contributed by atoms with van der Waals surface area (Å²) in [5.41, 5.74) is 8.58. The van der Waals surface area contributed by atoms with Crippen LogP contribution in [-0.2, 0) is 6.42 Å². The minimum atomic E-state index is 0.836. The third kappa shape index (κ3) is 3.65. The van der Waals surface area contributed by atoms with Crippen LogP contribution in [0.25, 0.3) is 75.2 Å². The molecule has 0 spiro atoms. The number of nitrogens with zero attached hydrogens (tertiary/aromatic N) is 2. The number of aryl methyl sites for hydroxylation is 1. The van der Waals surface area contributed by atoms with E-state index in [0.717, 1.165) is 22.3 Å². The molecule has 0 atom stereocenters. The zero-order valence-corrected chi connectivity index (χ0v) is 26.4. The molecule has 0 radical (unpaired) electrons. The molecular weight excluding hydrogens is 628 g/mol. The van der Waals surface area contributed by atoms with Crippen molar-refractivity contribution in [1.29, 1.82) is 0 Å². The Kier molecular flexibility index (Phi) is 5.77. The van der Waals surface area contributed by atoms with Crippen molar-refractivity contribution >= 4 is 104 Å². The molecule has 0 saturated carbocycles. The second-order valence-corrected chi connectivity index (χ2v) is 13.4. The van der Waals surface area contributed by atoms with Gasteiger partial charge in [0, 0.05) is 57.6 Å². The summed E-state index contributed by atoms with van der Waals surface area (Å²) >= 11 is 10.3. The first-order chi connectivity index (χ1) is 21.2. The number of thiol groups is 1. The van der Waals surface area contributed by atoms with Crippen molar-refractivity contribution in [3.05, 3.63) is 131 Å². The molecule has 43 heavy (non-hydrogen) atoms. The number of rotatable bonds is 4. The molecule has 0 amide bonds. The molecule has 3 aromatic heterocycles. The molecule has 206 valence electrons. The standard InChI is InChI=1S/C38H25BrN2S2/c39-31-18-14-23(20-21-42)38-35(31)30-22-25(15-19-34(30)43-38)41-33-13-7-5-11-27(33)29-17-16-28-26-10-4-6-12-32(26)40(36(28)37(29)41)24-8-2-1-3-9-24/h1-19,22,42H,20-21H2. The van der Waals surface area contributed by atoms with Gasteiger partial charge >= 0.3 is 0 Å². The minimum absolute atomic E-state index is 0.836. The maximum Gasteiger partial charge on any atom is 0.0788 e. The van der Waals surface area contributed by atoms with Crippen molar-refractivity contribution in [3.8, 4) is 11.4 Å². The Balaban J connectivity index is 1.46. The number of fused-ring (bicyclic) bond motifs is 10. The quantitative estimate of drug-likeness (QED) is 0.181. The van der Waals surface area contributed by atoms with Crippen molar-refractivity contribution in [2.45, 2.75) is 6.42 Å². The minimum Gasteiger partial charge on any atom is -0.307 e. The lowest BCUT2D eigenvalue weighted by molar-refractivity contribution is 1.15. The predicted molar refractivity (Wildman–Crippen MR) is 193 cm³/mol. The van der Waals surface area contributed by atoms with Crippen molar-refractivity contribution in [3.63, 3.8) is 0 Å². The highest BCUT2D eigenvalue weighted by Crippen LogP contribution is 2.44. The SMILES string of the molecule is SCCc1ccc(Br)c2c1sc1ccc(-n3c4ccccc4c4ccc5c6ccccc6n(-c6ccccc6)c5c43)cc12. The summed E-state index contributed by atoms with van der Waals surface area (Å²) in [7, 11) is 0. The number of benzene rings is 6. The molecule has 0 aliphatic carbocycles. The number of hydrogen-bond donors (Lipinski definition) is 1. The van der Waals surface area contributed by atoms with E-state index in [-0.39, 0.29) is 0 Å². The maximum absolute atomic E-state index is 4.54. The van der Waals surface area contributed by atoms with Crippen LogP contribution in [0.2, 0.25) is 0 Å². The van der Waals surface area contributed by atoms with E-state index < -0.39 is 0 Å². The van der Waals surface area contributed by atoms with Gasteiger partial charge in [-0.1, -0.05) is 88.7 Å². The van der Waals surface area contributed by atoms with Crippen LogP contribution in [0.1, 0.15) is 5.56 Å². The normalized spacial score (nSPS) is 12.1. The summed E-state index contributed by atoms with van der Waals surface area (Å²) in [4.78, 5) is 0. The molecule has 0 aliphatic rings. The second-order valence-electron chi connectivity index (χ2n) is 11.1. The van der Waals surface area contributed by atoms with Crippen LogP contribution < -0.4 is 0 Å². The highest BCUT2D eigenvalue weighted by Gasteiger charge is 2.21. The highest BCUT2D eigenvalue weighted by atomic mass is 79.9. The van der Waals surface area contributed by atoms with Crippen molar-refractivity contribution in [2.24, 2.45) is 0 Å². The molecule has 0 fully saturated rings. The van der Waals surface area contributed by atoms with E-state index in [1.807, 2.05) is 11.3 Å². The Bertz CT molecular complexity index is 2540. The number of aromatic nitrogens is 2. The molecule has 0 N–H and O–H groups in total. The first-order valence-corrected chi connectivity index (χ1v) is 16.7. The Hall–Kier alpha value is -4.03. The van der Waals surface area contributed by atoms with E-state index in [4.69, 9.17) is 0 Å². The van der Waals surface area contributed by atoms with Crippen molar-refractivity contribution in [2.75, 3.05) is 5.75 Å². The molecule has 2 nitrogen and oxygen atoms in total. The average Bonchev–Trinajstić information content (AvgIpc) is 3.71. The van der Waals surface area contributed by atoms with Gasteiger partial charge in [0.25, 0.3) is 0 Å². The molecule has 6 aromatic carbocycles. The van der Waals surface area contributed by atoms with E-state index in [9.17, 15) is 0 Å². The molecule has 0 bridgehead atoms. The van der Waals surface area contributed by atoms with Gasteiger partial charge in [0.05, 0.1) is 22.1 Å². The van der Waals surface area contributed by atoms with E-state index in [1.54, 1.807) is 0 Å². The van der Waals surface area contributed by atoms with Gasteiger partial charge in [0.2, 0.25) is 0 Å². The van der Waals surface area contributed by atoms with E-state index in [1.165, 1.54) is 75.0 Å². The molecule has 0 aliphatic heterocycles. The van der Waals surface area contributed by atoms with Crippen molar-refractivity contribution < 1.29 is 0 Å². The Morgan fingerprint density at radius 3 is 1.88 bits per heavy atom. The van der Waals surface area contributed by atoms with Crippen LogP contribution in [0.3, 0.4) is 0 Å². The van der Waals surface area contributed by atoms with Crippen LogP contribution in [0, 0.1) is 0 Å². The lowest BCUT2D eigenvalue weighted by Gasteiger charge is -2.13. The van der Waals surface area contributed by atoms with Gasteiger partial charge in [-0.2, -0.15) is 12.6 Å². The maximum atomic E-state index is 4.54. The lowest BCUT2D eigenvalue weighted by Crippen LogP contribution is -1.98. The summed E-state index contributed by atoms with van der Waals surface area (Å²) in [5.74, 6) is 0.836. The molecule has 0 unspecified atom stereocenters. The van der Waals surface area contributed by atoms with E-state index >= 15 is 0 Å². The predicted octanol–water partition coefficient (Wildman–Crippen LogP) is 11.5. The Morgan fingerprint density at radius 1 is 0.581 bits per heavy atom. The van der Waals surface area contributed by atoms with Crippen LogP contribution >= 0.6 is 39.9 Å². The number of halogens is 1. The highest BCUT2D eigenvalue weighted by molar-refractivity contribution is 9.10. The number of thiophene rings is 1. The fraction of sp³-hybridized carbons (Fsp3) is 0.0526. The molecule has 5 heteroatoms. The largest absolute Gasteiger partial charge is 0.307 e. The lowest BCUT2D eigenvalue weighted by atomic mass is 10.1. The third-order valence-corrected chi connectivity index (χ3v) is 10.9. The van der Waals surface area contributed by atoms with Crippen LogP contribution in [-0.4, -0.2) is 14.9 Å². The van der Waals surface area contributed by atoms with Crippen molar-refractivity contribution in [1.82, 2.24) is 9.13 Å². The first-order valence-electron chi connectivity index (χ1n) is 14.5. The molecule has 9 rings (SSSR count). The van der Waals surface area contributed by atoms with E-state index in [2.05, 4.69) is 159 Å². The number of para-hydroxylation sites is 3. The van der Waals surface area contributed by atoms with Gasteiger partial charge in [0.1, 0.15) is 0 Å². The fourth-order valence-electron chi connectivity index (χ4n) is 6.95. The summed E-state index contributed by atoms with van der Waals surface area (Å²) in [5, 5.41) is 7.63. The van der Waals surface area contributed by atoms with Gasteiger partial charge in [0.15, 0.2) is 0 Å². The first kappa shape index (κ1) is 25.5. The topological polar surface area (TPSA) is 9.86 Å². The molecular formula is C38H25BrN2S2. The third-order valence-electron chi connectivity index (χ3n) is 8.76. The second kappa shape index (κ2) is 9.75. The monoisotopic (exact) mass is 652 g/mol.